The van der Waals surface area contributed by atoms with Crippen molar-refractivity contribution < 1.29 is 9.84 Å². The highest BCUT2D eigenvalue weighted by molar-refractivity contribution is 5.30. The van der Waals surface area contributed by atoms with Crippen LogP contribution in [0.1, 0.15) is 51.2 Å². The van der Waals surface area contributed by atoms with E-state index in [4.69, 9.17) is 4.74 Å². The molecule has 0 amide bonds. The van der Waals surface area contributed by atoms with Gasteiger partial charge in [-0.25, -0.2) is 0 Å². The summed E-state index contributed by atoms with van der Waals surface area (Å²) in [4.78, 5) is 0. The molecule has 0 heterocycles. The molecule has 2 N–H and O–H groups in total. The lowest BCUT2D eigenvalue weighted by molar-refractivity contribution is 0.169. The number of aliphatic hydroxyl groups excluding tert-OH is 1. The number of ether oxygens (including phenoxy) is 1. The number of nitrogens with one attached hydrogen (secondary N) is 1. The molecule has 3 heteroatoms. The van der Waals surface area contributed by atoms with Gasteiger partial charge in [-0.05, 0) is 43.4 Å². The van der Waals surface area contributed by atoms with Crippen molar-refractivity contribution in [2.75, 3.05) is 6.54 Å². The van der Waals surface area contributed by atoms with Crippen LogP contribution < -0.4 is 10.1 Å². The molecular formula is C16H25NO2. The lowest BCUT2D eigenvalue weighted by Gasteiger charge is -2.17. The maximum Gasteiger partial charge on any atom is 0.120 e. The summed E-state index contributed by atoms with van der Waals surface area (Å²) in [5.74, 6) is 0.882. The van der Waals surface area contributed by atoms with E-state index in [-0.39, 0.29) is 0 Å². The highest BCUT2D eigenvalue weighted by Gasteiger charge is 2.17. The summed E-state index contributed by atoms with van der Waals surface area (Å²) in [6.45, 7) is 4.73. The van der Waals surface area contributed by atoms with Crippen molar-refractivity contribution in [2.24, 2.45) is 0 Å². The smallest absolute Gasteiger partial charge is 0.120 e. The van der Waals surface area contributed by atoms with Crippen LogP contribution in [0.5, 0.6) is 5.75 Å². The van der Waals surface area contributed by atoms with Crippen molar-refractivity contribution in [3.05, 3.63) is 29.8 Å². The lowest BCUT2D eigenvalue weighted by Crippen LogP contribution is -2.27. The van der Waals surface area contributed by atoms with Crippen molar-refractivity contribution >= 4 is 0 Å². The van der Waals surface area contributed by atoms with E-state index in [0.29, 0.717) is 18.7 Å². The molecule has 0 bridgehead atoms. The molecule has 19 heavy (non-hydrogen) atoms. The van der Waals surface area contributed by atoms with Gasteiger partial charge >= 0.3 is 0 Å². The van der Waals surface area contributed by atoms with Crippen molar-refractivity contribution in [1.82, 2.24) is 5.32 Å². The normalized spacial score (nSPS) is 17.9. The van der Waals surface area contributed by atoms with Crippen molar-refractivity contribution in [3.8, 4) is 5.75 Å². The Morgan fingerprint density at radius 2 is 2.05 bits per heavy atom. The predicted octanol–water partition coefficient (Wildman–Crippen LogP) is 3.04. The van der Waals surface area contributed by atoms with Crippen LogP contribution in [0.4, 0.5) is 0 Å². The zero-order valence-electron chi connectivity index (χ0n) is 11.9. The van der Waals surface area contributed by atoms with Gasteiger partial charge in [-0.3, -0.25) is 0 Å². The molecule has 1 aliphatic carbocycles. The first-order valence-corrected chi connectivity index (χ1v) is 7.33. The third-order valence-corrected chi connectivity index (χ3v) is 3.57. The Morgan fingerprint density at radius 3 is 2.74 bits per heavy atom. The largest absolute Gasteiger partial charge is 0.490 e. The van der Waals surface area contributed by atoms with E-state index in [1.54, 1.807) is 0 Å². The fourth-order valence-corrected chi connectivity index (χ4v) is 2.46. The molecule has 0 radical (unpaired) electrons. The van der Waals surface area contributed by atoms with Gasteiger partial charge in [-0.15, -0.1) is 0 Å². The molecule has 1 unspecified atom stereocenters. The van der Waals surface area contributed by atoms with E-state index in [2.05, 4.69) is 19.2 Å². The monoisotopic (exact) mass is 263 g/mol. The summed E-state index contributed by atoms with van der Waals surface area (Å²) in [6, 6.07) is 8.23. The van der Waals surface area contributed by atoms with E-state index in [9.17, 15) is 5.11 Å². The van der Waals surface area contributed by atoms with Gasteiger partial charge in [-0.2, -0.15) is 0 Å². The number of benzene rings is 1. The molecule has 1 aliphatic rings. The van der Waals surface area contributed by atoms with Crippen LogP contribution in [0, 0.1) is 0 Å². The Bertz CT molecular complexity index is 386. The average molecular weight is 263 g/mol. The van der Waals surface area contributed by atoms with Gasteiger partial charge in [0.05, 0.1) is 12.2 Å². The Kier molecular flexibility index (Phi) is 5.23. The number of hydrogen-bond acceptors (Lipinski definition) is 3. The standard InChI is InChI=1S/C16H25NO2/c1-12(2)17-11-16(18)13-6-5-9-15(10-13)19-14-7-3-4-8-14/h5-6,9-10,12,14,16-18H,3-4,7-8,11H2,1-2H3. The average Bonchev–Trinajstić information content (AvgIpc) is 2.89. The van der Waals surface area contributed by atoms with E-state index in [0.717, 1.165) is 24.2 Å². The van der Waals surface area contributed by atoms with Gasteiger partial charge in [0.2, 0.25) is 0 Å². The minimum Gasteiger partial charge on any atom is -0.490 e. The van der Waals surface area contributed by atoms with Gasteiger partial charge in [0.15, 0.2) is 0 Å². The summed E-state index contributed by atoms with van der Waals surface area (Å²) >= 11 is 0. The lowest BCUT2D eigenvalue weighted by atomic mass is 10.1. The van der Waals surface area contributed by atoms with E-state index in [1.165, 1.54) is 12.8 Å². The fourth-order valence-electron chi connectivity index (χ4n) is 2.46. The maximum atomic E-state index is 10.1. The highest BCUT2D eigenvalue weighted by Crippen LogP contribution is 2.26. The zero-order chi connectivity index (χ0) is 13.7. The Morgan fingerprint density at radius 1 is 1.32 bits per heavy atom. The first-order valence-electron chi connectivity index (χ1n) is 7.33. The van der Waals surface area contributed by atoms with E-state index >= 15 is 0 Å². The number of rotatable bonds is 6. The quantitative estimate of drug-likeness (QED) is 0.829. The Labute approximate surface area is 116 Å². The summed E-state index contributed by atoms with van der Waals surface area (Å²) in [5, 5.41) is 13.4. The predicted molar refractivity (Wildman–Crippen MR) is 77.4 cm³/mol. The summed E-state index contributed by atoms with van der Waals surface area (Å²) < 4.78 is 5.96. The maximum absolute atomic E-state index is 10.1. The molecule has 1 aromatic carbocycles. The Hall–Kier alpha value is -1.06. The topological polar surface area (TPSA) is 41.5 Å². The van der Waals surface area contributed by atoms with Crippen molar-refractivity contribution in [1.29, 1.82) is 0 Å². The van der Waals surface area contributed by atoms with Crippen LogP contribution >= 0.6 is 0 Å². The zero-order valence-corrected chi connectivity index (χ0v) is 11.9. The summed E-state index contributed by atoms with van der Waals surface area (Å²) in [5.41, 5.74) is 0.920. The van der Waals surface area contributed by atoms with Gasteiger partial charge in [0, 0.05) is 12.6 Å². The molecule has 0 saturated heterocycles. The molecule has 1 saturated carbocycles. The number of aliphatic hydroxyl groups is 1. The fraction of sp³-hybridized carbons (Fsp3) is 0.625. The molecule has 1 fully saturated rings. The van der Waals surface area contributed by atoms with Gasteiger partial charge < -0.3 is 15.2 Å². The van der Waals surface area contributed by atoms with E-state index < -0.39 is 6.10 Å². The van der Waals surface area contributed by atoms with Crippen LogP contribution in [0.3, 0.4) is 0 Å². The second kappa shape index (κ2) is 6.92. The molecule has 1 atom stereocenters. The van der Waals surface area contributed by atoms with Crippen LogP contribution in [0.25, 0.3) is 0 Å². The van der Waals surface area contributed by atoms with Gasteiger partial charge in [-0.1, -0.05) is 26.0 Å². The minimum absolute atomic E-state index is 0.362. The van der Waals surface area contributed by atoms with Gasteiger partial charge in [0.1, 0.15) is 5.75 Å². The molecule has 3 nitrogen and oxygen atoms in total. The molecule has 2 rings (SSSR count). The molecular weight excluding hydrogens is 238 g/mol. The minimum atomic E-state index is -0.477. The van der Waals surface area contributed by atoms with Gasteiger partial charge in [0.25, 0.3) is 0 Å². The first-order chi connectivity index (χ1) is 9.15. The molecule has 0 spiro atoms. The molecule has 0 aromatic heterocycles. The Balaban J connectivity index is 1.93. The van der Waals surface area contributed by atoms with Crippen LogP contribution in [-0.4, -0.2) is 23.8 Å². The van der Waals surface area contributed by atoms with Crippen LogP contribution in [0.2, 0.25) is 0 Å². The molecule has 0 aliphatic heterocycles. The third-order valence-electron chi connectivity index (χ3n) is 3.57. The van der Waals surface area contributed by atoms with E-state index in [1.807, 2.05) is 24.3 Å². The third kappa shape index (κ3) is 4.51. The second-order valence-electron chi connectivity index (χ2n) is 5.68. The first kappa shape index (κ1) is 14.4. The highest BCUT2D eigenvalue weighted by atomic mass is 16.5. The second-order valence-corrected chi connectivity index (χ2v) is 5.68. The molecule has 1 aromatic rings. The summed E-state index contributed by atoms with van der Waals surface area (Å²) in [7, 11) is 0. The molecule has 106 valence electrons. The summed E-state index contributed by atoms with van der Waals surface area (Å²) in [6.07, 6.45) is 4.73. The van der Waals surface area contributed by atoms with Crippen molar-refractivity contribution in [3.63, 3.8) is 0 Å². The SMILES string of the molecule is CC(C)NCC(O)c1cccc(OC2CCCC2)c1. The van der Waals surface area contributed by atoms with Crippen LogP contribution in [0.15, 0.2) is 24.3 Å². The van der Waals surface area contributed by atoms with Crippen molar-refractivity contribution in [2.45, 2.75) is 57.8 Å². The number of hydrogen-bond donors (Lipinski definition) is 2. The van der Waals surface area contributed by atoms with Crippen LogP contribution in [-0.2, 0) is 0 Å².